The van der Waals surface area contributed by atoms with Crippen molar-refractivity contribution < 1.29 is 13.9 Å². The maximum Gasteiger partial charge on any atom is 0.231 e. The number of ether oxygens (including phenoxy) is 1. The van der Waals surface area contributed by atoms with Gasteiger partial charge in [-0.15, -0.1) is 11.8 Å². The molecule has 2 heterocycles. The lowest BCUT2D eigenvalue weighted by molar-refractivity contribution is -0.121. The van der Waals surface area contributed by atoms with Gasteiger partial charge in [0.05, 0.1) is 17.8 Å². The number of rotatable bonds is 7. The molecular formula is C23H25FN4O2S. The van der Waals surface area contributed by atoms with E-state index >= 15 is 0 Å². The van der Waals surface area contributed by atoms with Crippen LogP contribution in [0.5, 0.6) is 5.75 Å². The first kappa shape index (κ1) is 21.4. The Labute approximate surface area is 185 Å². The van der Waals surface area contributed by atoms with Crippen molar-refractivity contribution in [2.45, 2.75) is 11.3 Å². The Hall–Kier alpha value is -2.84. The highest BCUT2D eigenvalue weighted by molar-refractivity contribution is 7.99. The van der Waals surface area contributed by atoms with Gasteiger partial charge in [-0.3, -0.25) is 9.89 Å². The van der Waals surface area contributed by atoms with Gasteiger partial charge in [0.2, 0.25) is 5.91 Å². The molecule has 0 spiro atoms. The second-order valence-corrected chi connectivity index (χ2v) is 8.94. The highest BCUT2D eigenvalue weighted by Crippen LogP contribution is 2.33. The smallest absolute Gasteiger partial charge is 0.231 e. The number of aromatic nitrogens is 2. The molecule has 1 aliphatic heterocycles. The van der Waals surface area contributed by atoms with E-state index in [4.69, 9.17) is 4.74 Å². The number of anilines is 1. The van der Waals surface area contributed by atoms with Crippen LogP contribution in [0.15, 0.2) is 53.7 Å². The van der Waals surface area contributed by atoms with E-state index in [1.165, 1.54) is 12.1 Å². The highest BCUT2D eigenvalue weighted by Gasteiger charge is 2.27. The quantitative estimate of drug-likeness (QED) is 0.542. The first-order valence-corrected chi connectivity index (χ1v) is 11.1. The van der Waals surface area contributed by atoms with Crippen LogP contribution in [-0.2, 0) is 11.2 Å². The van der Waals surface area contributed by atoms with Gasteiger partial charge in [0.25, 0.3) is 0 Å². The number of carbonyl (C=O) groups excluding carboxylic acids is 1. The van der Waals surface area contributed by atoms with Crippen LogP contribution in [0.2, 0.25) is 0 Å². The zero-order valence-electron chi connectivity index (χ0n) is 17.5. The van der Waals surface area contributed by atoms with Crippen molar-refractivity contribution in [3.05, 3.63) is 60.2 Å². The summed E-state index contributed by atoms with van der Waals surface area (Å²) in [7, 11) is 4.07. The molecule has 0 unspecified atom stereocenters. The van der Waals surface area contributed by atoms with Gasteiger partial charge in [0, 0.05) is 29.0 Å². The third-order valence-electron chi connectivity index (χ3n) is 5.17. The molecule has 0 saturated heterocycles. The van der Waals surface area contributed by atoms with Crippen LogP contribution in [0.3, 0.4) is 0 Å². The number of H-pyrrole nitrogens is 1. The molecule has 4 rings (SSSR count). The van der Waals surface area contributed by atoms with E-state index in [1.54, 1.807) is 24.0 Å². The molecule has 1 aromatic heterocycles. The zero-order valence-corrected chi connectivity index (χ0v) is 18.3. The largest absolute Gasteiger partial charge is 0.492 e. The maximum absolute atomic E-state index is 13.6. The summed E-state index contributed by atoms with van der Waals surface area (Å²) in [6.45, 7) is 1.20. The number of aromatic amines is 1. The highest BCUT2D eigenvalue weighted by atomic mass is 32.2. The van der Waals surface area contributed by atoms with Crippen LogP contribution in [-0.4, -0.2) is 54.0 Å². The van der Waals surface area contributed by atoms with Gasteiger partial charge in [-0.25, -0.2) is 4.39 Å². The molecule has 6 nitrogen and oxygen atoms in total. The molecule has 0 bridgehead atoms. The third kappa shape index (κ3) is 5.26. The summed E-state index contributed by atoms with van der Waals surface area (Å²) in [5, 5.41) is 9.92. The first-order chi connectivity index (χ1) is 15.0. The summed E-state index contributed by atoms with van der Waals surface area (Å²) in [5.74, 6) is 0.722. The summed E-state index contributed by atoms with van der Waals surface area (Å²) in [4.78, 5) is 16.1. The lowest BCUT2D eigenvalue weighted by atomic mass is 9.96. The fourth-order valence-electron chi connectivity index (χ4n) is 3.44. The second-order valence-electron chi connectivity index (χ2n) is 7.80. The number of nitrogens with one attached hydrogen (secondary N) is 2. The van der Waals surface area contributed by atoms with Crippen molar-refractivity contribution in [3.63, 3.8) is 0 Å². The Morgan fingerprint density at radius 2 is 2.16 bits per heavy atom. The fourth-order valence-corrected chi connectivity index (χ4v) is 4.60. The zero-order chi connectivity index (χ0) is 21.8. The summed E-state index contributed by atoms with van der Waals surface area (Å²) in [5.41, 5.74) is 3.52. The molecule has 3 aromatic rings. The summed E-state index contributed by atoms with van der Waals surface area (Å²) in [6, 6.07) is 10.4. The van der Waals surface area contributed by atoms with Crippen molar-refractivity contribution in [1.82, 2.24) is 15.1 Å². The molecule has 0 fully saturated rings. The average molecular weight is 441 g/mol. The predicted molar refractivity (Wildman–Crippen MR) is 121 cm³/mol. The van der Waals surface area contributed by atoms with Gasteiger partial charge < -0.3 is 15.0 Å². The van der Waals surface area contributed by atoms with Crippen molar-refractivity contribution >= 4 is 23.4 Å². The van der Waals surface area contributed by atoms with Gasteiger partial charge in [-0.1, -0.05) is 6.07 Å². The molecule has 31 heavy (non-hydrogen) atoms. The van der Waals surface area contributed by atoms with Crippen LogP contribution >= 0.6 is 11.8 Å². The molecule has 2 aromatic carbocycles. The average Bonchev–Trinajstić information content (AvgIpc) is 3.29. The monoisotopic (exact) mass is 440 g/mol. The Kier molecular flexibility index (Phi) is 6.58. The van der Waals surface area contributed by atoms with E-state index in [1.807, 2.05) is 32.4 Å². The minimum atomic E-state index is -0.373. The SMILES string of the molecule is CN(C)CCSc1cc(-c2cn[nH]c2)ccc1NC(=O)[C@@H]1COc2ccc(F)cc2C1. The summed E-state index contributed by atoms with van der Waals surface area (Å²) < 4.78 is 19.3. The number of thioether (sulfide) groups is 1. The summed E-state index contributed by atoms with van der Waals surface area (Å²) in [6.07, 6.45) is 4.07. The Morgan fingerprint density at radius 3 is 2.94 bits per heavy atom. The number of fused-ring (bicyclic) bond motifs is 1. The van der Waals surface area contributed by atoms with Crippen molar-refractivity contribution in [2.75, 3.05) is 38.3 Å². The van der Waals surface area contributed by atoms with Crippen LogP contribution in [0, 0.1) is 11.7 Å². The predicted octanol–water partition coefficient (Wildman–Crippen LogP) is 4.06. The number of hydrogen-bond donors (Lipinski definition) is 2. The standard InChI is InChI=1S/C23H25FN4O2S/c1-28(2)7-8-31-22-11-15(18-12-25-26-13-18)3-5-20(22)27-23(29)17-9-16-10-19(24)4-6-21(16)30-14-17/h3-6,10-13,17H,7-9,14H2,1-2H3,(H,25,26)(H,27,29)/t17-/m0/s1. The minimum Gasteiger partial charge on any atom is -0.492 e. The van der Waals surface area contributed by atoms with Crippen molar-refractivity contribution in [3.8, 4) is 16.9 Å². The van der Waals surface area contributed by atoms with E-state index in [9.17, 15) is 9.18 Å². The molecule has 1 amide bonds. The van der Waals surface area contributed by atoms with Gasteiger partial charge >= 0.3 is 0 Å². The molecule has 1 atom stereocenters. The molecule has 0 radical (unpaired) electrons. The molecule has 0 saturated carbocycles. The Morgan fingerprint density at radius 1 is 1.29 bits per heavy atom. The molecule has 1 aliphatic rings. The lowest BCUT2D eigenvalue weighted by Crippen LogP contribution is -2.32. The lowest BCUT2D eigenvalue weighted by Gasteiger charge is -2.25. The number of hydrogen-bond acceptors (Lipinski definition) is 5. The molecule has 8 heteroatoms. The van der Waals surface area contributed by atoms with Crippen LogP contribution < -0.4 is 10.1 Å². The Balaban J connectivity index is 1.51. The number of benzene rings is 2. The first-order valence-electron chi connectivity index (χ1n) is 10.1. The van der Waals surface area contributed by atoms with E-state index in [0.29, 0.717) is 12.2 Å². The van der Waals surface area contributed by atoms with Gasteiger partial charge in [0.15, 0.2) is 0 Å². The molecule has 0 aliphatic carbocycles. The minimum absolute atomic E-state index is 0.125. The topological polar surface area (TPSA) is 70.2 Å². The van der Waals surface area contributed by atoms with E-state index < -0.39 is 0 Å². The van der Waals surface area contributed by atoms with Gasteiger partial charge in [-0.2, -0.15) is 5.10 Å². The maximum atomic E-state index is 13.6. The van der Waals surface area contributed by atoms with Crippen molar-refractivity contribution in [1.29, 1.82) is 0 Å². The number of carbonyl (C=O) groups is 1. The Bertz CT molecular complexity index is 1060. The second kappa shape index (κ2) is 9.53. The summed E-state index contributed by atoms with van der Waals surface area (Å²) >= 11 is 1.70. The van der Waals surface area contributed by atoms with E-state index in [0.717, 1.165) is 39.6 Å². The van der Waals surface area contributed by atoms with Gasteiger partial charge in [0.1, 0.15) is 18.2 Å². The number of nitrogens with zero attached hydrogens (tertiary/aromatic N) is 2. The normalized spacial score (nSPS) is 15.4. The van der Waals surface area contributed by atoms with E-state index in [-0.39, 0.29) is 24.2 Å². The fraction of sp³-hybridized carbons (Fsp3) is 0.304. The number of halogens is 1. The van der Waals surface area contributed by atoms with Crippen LogP contribution in [0.4, 0.5) is 10.1 Å². The molecule has 162 valence electrons. The van der Waals surface area contributed by atoms with Crippen LogP contribution in [0.1, 0.15) is 5.56 Å². The number of amides is 1. The molecular weight excluding hydrogens is 415 g/mol. The van der Waals surface area contributed by atoms with Gasteiger partial charge in [-0.05, 0) is 62.0 Å². The molecule has 2 N–H and O–H groups in total. The van der Waals surface area contributed by atoms with Crippen molar-refractivity contribution in [2.24, 2.45) is 5.92 Å². The third-order valence-corrected chi connectivity index (χ3v) is 6.20. The van der Waals surface area contributed by atoms with Crippen LogP contribution in [0.25, 0.3) is 11.1 Å². The van der Waals surface area contributed by atoms with E-state index in [2.05, 4.69) is 26.5 Å².